The molecule has 1 amide bonds. The highest BCUT2D eigenvalue weighted by molar-refractivity contribution is 5.87. The summed E-state index contributed by atoms with van der Waals surface area (Å²) >= 11 is 0. The van der Waals surface area contributed by atoms with Gasteiger partial charge in [0.2, 0.25) is 5.91 Å². The van der Waals surface area contributed by atoms with E-state index < -0.39 is 23.1 Å². The van der Waals surface area contributed by atoms with Gasteiger partial charge in [0.05, 0.1) is 12.6 Å². The lowest BCUT2D eigenvalue weighted by atomic mass is 9.91. The summed E-state index contributed by atoms with van der Waals surface area (Å²) in [6, 6.07) is -1.38. The fraction of sp³-hybridized carbons (Fsp3) is 0.800. The molecule has 0 spiro atoms. The number of nitrogens with one attached hydrogen (secondary N) is 1. The van der Waals surface area contributed by atoms with Crippen molar-refractivity contribution in [3.63, 3.8) is 0 Å². The minimum atomic E-state index is -0.805. The third-order valence-electron chi connectivity index (χ3n) is 4.18. The average molecular weight is 372 g/mol. The van der Waals surface area contributed by atoms with Gasteiger partial charge in [-0.15, -0.1) is 0 Å². The number of guanidine groups is 1. The second-order valence-corrected chi connectivity index (χ2v) is 6.31. The van der Waals surface area contributed by atoms with E-state index in [9.17, 15) is 19.7 Å². The van der Waals surface area contributed by atoms with Gasteiger partial charge in [0, 0.05) is 13.1 Å². The van der Waals surface area contributed by atoms with E-state index in [1.54, 1.807) is 12.3 Å². The van der Waals surface area contributed by atoms with Gasteiger partial charge in [0.15, 0.2) is 5.03 Å². The average Bonchev–Trinajstić information content (AvgIpc) is 2.57. The van der Waals surface area contributed by atoms with Crippen molar-refractivity contribution in [3.8, 4) is 0 Å². The summed E-state index contributed by atoms with van der Waals surface area (Å²) in [5.41, 5.74) is 13.0. The number of piperidine rings is 1. The first-order valence-electron chi connectivity index (χ1n) is 8.69. The lowest BCUT2D eigenvalue weighted by Crippen LogP contribution is -2.55. The molecule has 0 aromatic rings. The van der Waals surface area contributed by atoms with Gasteiger partial charge in [-0.25, -0.2) is 19.9 Å². The topological polar surface area (TPSA) is 166 Å². The number of carbonyl (C=O) groups is 2. The maximum Gasteiger partial charge on any atom is 0.328 e. The van der Waals surface area contributed by atoms with Crippen molar-refractivity contribution in [2.45, 2.75) is 51.6 Å². The van der Waals surface area contributed by atoms with Crippen molar-refractivity contribution in [2.24, 2.45) is 22.4 Å². The number of hydrogen-bond donors (Lipinski definition) is 3. The highest BCUT2D eigenvalue weighted by atomic mass is 16.7. The molecule has 1 fully saturated rings. The second kappa shape index (κ2) is 10.5. The Labute approximate surface area is 152 Å². The summed E-state index contributed by atoms with van der Waals surface area (Å²) in [6.45, 7) is 4.69. The molecular formula is C15H28N6O5. The van der Waals surface area contributed by atoms with Crippen LogP contribution in [0.2, 0.25) is 0 Å². The molecule has 5 N–H and O–H groups in total. The Morgan fingerprint density at radius 2 is 2.19 bits per heavy atom. The molecule has 148 valence electrons. The zero-order valence-corrected chi connectivity index (χ0v) is 15.2. The fourth-order valence-corrected chi connectivity index (χ4v) is 2.84. The number of hydrazine groups is 1. The number of esters is 1. The number of rotatable bonds is 8. The van der Waals surface area contributed by atoms with Crippen LogP contribution in [0.1, 0.15) is 39.5 Å². The lowest BCUT2D eigenvalue weighted by molar-refractivity contribution is -0.525. The number of nitro groups is 1. The quantitative estimate of drug-likeness (QED) is 0.127. The summed E-state index contributed by atoms with van der Waals surface area (Å²) in [6.07, 6.45) is 2.13. The molecule has 3 atom stereocenters. The maximum absolute atomic E-state index is 12.6. The minimum absolute atomic E-state index is 0.200. The highest BCUT2D eigenvalue weighted by Gasteiger charge is 2.37. The predicted molar refractivity (Wildman–Crippen MR) is 94.4 cm³/mol. The zero-order chi connectivity index (χ0) is 19.7. The predicted octanol–water partition coefficient (Wildman–Crippen LogP) is -0.620. The summed E-state index contributed by atoms with van der Waals surface area (Å²) < 4.78 is 5.08. The van der Waals surface area contributed by atoms with Crippen LogP contribution >= 0.6 is 0 Å². The molecule has 26 heavy (non-hydrogen) atoms. The van der Waals surface area contributed by atoms with Crippen molar-refractivity contribution < 1.29 is 19.4 Å². The summed E-state index contributed by atoms with van der Waals surface area (Å²) in [7, 11) is 0. The molecule has 1 aliphatic heterocycles. The van der Waals surface area contributed by atoms with Crippen molar-refractivity contribution >= 4 is 17.8 Å². The number of ether oxygens (including phenoxy) is 1. The summed E-state index contributed by atoms with van der Waals surface area (Å²) in [5, 5.41) is 9.39. The Hall–Kier alpha value is -2.43. The Morgan fingerprint density at radius 3 is 2.81 bits per heavy atom. The van der Waals surface area contributed by atoms with Crippen LogP contribution in [-0.2, 0) is 14.3 Å². The Kier molecular flexibility index (Phi) is 8.76. The van der Waals surface area contributed by atoms with E-state index in [4.69, 9.17) is 16.2 Å². The first-order chi connectivity index (χ1) is 12.3. The molecular weight excluding hydrogens is 344 g/mol. The summed E-state index contributed by atoms with van der Waals surface area (Å²) in [4.78, 5) is 40.3. The molecule has 1 rings (SSSR count). The normalized spacial score (nSPS) is 21.8. The largest absolute Gasteiger partial charge is 0.464 e. The van der Waals surface area contributed by atoms with Gasteiger partial charge in [-0.3, -0.25) is 4.79 Å². The van der Waals surface area contributed by atoms with Gasteiger partial charge < -0.3 is 21.1 Å². The number of likely N-dealkylation sites (tertiary alicyclic amines) is 1. The highest BCUT2D eigenvalue weighted by Crippen LogP contribution is 2.24. The second-order valence-electron chi connectivity index (χ2n) is 6.31. The van der Waals surface area contributed by atoms with E-state index in [2.05, 4.69) is 4.99 Å². The number of amides is 1. The van der Waals surface area contributed by atoms with Crippen LogP contribution in [0.4, 0.5) is 0 Å². The van der Waals surface area contributed by atoms with E-state index in [-0.39, 0.29) is 25.0 Å². The van der Waals surface area contributed by atoms with Crippen LogP contribution in [-0.4, -0.2) is 59.5 Å². The van der Waals surface area contributed by atoms with Crippen LogP contribution in [0.15, 0.2) is 4.99 Å². The molecule has 1 saturated heterocycles. The van der Waals surface area contributed by atoms with Gasteiger partial charge in [0.1, 0.15) is 6.04 Å². The lowest BCUT2D eigenvalue weighted by Gasteiger charge is -2.38. The molecule has 1 aliphatic rings. The van der Waals surface area contributed by atoms with Crippen molar-refractivity contribution in [2.75, 3.05) is 19.7 Å². The minimum Gasteiger partial charge on any atom is -0.464 e. The van der Waals surface area contributed by atoms with Crippen molar-refractivity contribution in [3.05, 3.63) is 10.1 Å². The number of nitrogens with two attached hydrogens (primary N) is 2. The van der Waals surface area contributed by atoms with Gasteiger partial charge >= 0.3 is 5.97 Å². The number of carbonyl (C=O) groups excluding carboxylic acids is 2. The van der Waals surface area contributed by atoms with Crippen molar-refractivity contribution in [1.29, 1.82) is 0 Å². The molecule has 0 saturated carbocycles. The van der Waals surface area contributed by atoms with Crippen LogP contribution in [0.5, 0.6) is 0 Å². The number of nitrogens with zero attached hydrogens (tertiary/aromatic N) is 3. The molecule has 0 bridgehead atoms. The van der Waals surface area contributed by atoms with Crippen molar-refractivity contribution in [1.82, 2.24) is 10.3 Å². The fourth-order valence-electron chi connectivity index (χ4n) is 2.84. The number of aliphatic imine (C=N–C) groups is 1. The Morgan fingerprint density at radius 1 is 1.50 bits per heavy atom. The molecule has 0 radical (unpaired) electrons. The van der Waals surface area contributed by atoms with Crippen LogP contribution in [0.25, 0.3) is 0 Å². The standard InChI is InChI=1S/C15H28N6O5/c1-3-26-14(23)12-9-10(2)6-8-20(12)13(22)11(16)5-4-7-18-15(17)19-21(24)25/h10-12H,3-9,16H2,1-2H3,(H3,17,18,19)/t10?,11-,12+/m0/s1. The first kappa shape index (κ1) is 21.6. The van der Waals surface area contributed by atoms with Gasteiger partial charge in [-0.2, -0.15) is 0 Å². The molecule has 1 unspecified atom stereocenters. The smallest absolute Gasteiger partial charge is 0.328 e. The van der Waals surface area contributed by atoms with E-state index in [1.807, 2.05) is 6.92 Å². The third kappa shape index (κ3) is 6.82. The summed E-state index contributed by atoms with van der Waals surface area (Å²) in [5.74, 6) is -0.670. The van der Waals surface area contributed by atoms with Crippen LogP contribution in [0.3, 0.4) is 0 Å². The maximum atomic E-state index is 12.6. The number of hydrogen-bond acceptors (Lipinski definition) is 7. The molecule has 1 heterocycles. The van der Waals surface area contributed by atoms with Gasteiger partial charge in [-0.1, -0.05) is 12.3 Å². The Bertz CT molecular complexity index is 541. The van der Waals surface area contributed by atoms with E-state index >= 15 is 0 Å². The molecule has 0 aliphatic carbocycles. The molecule has 11 nitrogen and oxygen atoms in total. The molecule has 11 heteroatoms. The Balaban J connectivity index is 2.56. The first-order valence-corrected chi connectivity index (χ1v) is 8.69. The molecule has 0 aromatic carbocycles. The van der Waals surface area contributed by atoms with Gasteiger partial charge in [0.25, 0.3) is 5.96 Å². The zero-order valence-electron chi connectivity index (χ0n) is 15.2. The van der Waals surface area contributed by atoms with Crippen LogP contribution in [0, 0.1) is 16.0 Å². The van der Waals surface area contributed by atoms with Crippen LogP contribution < -0.4 is 16.9 Å². The SMILES string of the molecule is CCOC(=O)[C@H]1CC(C)CCN1C(=O)[C@@H](N)CCCN=C(N)N[N+](=O)[O-]. The molecule has 0 aromatic heterocycles. The third-order valence-corrected chi connectivity index (χ3v) is 4.18. The van der Waals surface area contributed by atoms with E-state index in [0.717, 1.165) is 6.42 Å². The van der Waals surface area contributed by atoms with Gasteiger partial charge in [-0.05, 0) is 38.5 Å². The van der Waals surface area contributed by atoms with E-state index in [0.29, 0.717) is 31.7 Å². The monoisotopic (exact) mass is 372 g/mol. The van der Waals surface area contributed by atoms with E-state index in [1.165, 1.54) is 4.90 Å².